The molecular formula is C26H30FN5O4. The zero-order valence-corrected chi connectivity index (χ0v) is 19.9. The number of hydrogen-bond donors (Lipinski definition) is 4. The van der Waals surface area contributed by atoms with Crippen molar-refractivity contribution in [2.75, 3.05) is 39.4 Å². The second-order valence-corrected chi connectivity index (χ2v) is 8.56. The van der Waals surface area contributed by atoms with E-state index in [2.05, 4.69) is 25.5 Å². The van der Waals surface area contributed by atoms with Crippen molar-refractivity contribution in [2.24, 2.45) is 0 Å². The van der Waals surface area contributed by atoms with Gasteiger partial charge in [-0.15, -0.1) is 0 Å². The summed E-state index contributed by atoms with van der Waals surface area (Å²) in [7, 11) is 0. The first kappa shape index (κ1) is 25.5. The molecule has 1 unspecified atom stereocenters. The lowest BCUT2D eigenvalue weighted by atomic mass is 10.1. The Kier molecular flexibility index (Phi) is 8.77. The van der Waals surface area contributed by atoms with Crippen LogP contribution in [0.4, 0.5) is 4.39 Å². The summed E-state index contributed by atoms with van der Waals surface area (Å²) in [6, 6.07) is 14.6. The van der Waals surface area contributed by atoms with Crippen LogP contribution in [0.5, 0.6) is 5.75 Å². The number of carbonyl (C=O) groups is 1. The number of aromatic hydroxyl groups is 1. The molecule has 1 fully saturated rings. The molecule has 0 bridgehead atoms. The first-order chi connectivity index (χ1) is 17.5. The summed E-state index contributed by atoms with van der Waals surface area (Å²) >= 11 is 0. The van der Waals surface area contributed by atoms with E-state index in [0.29, 0.717) is 12.1 Å². The minimum absolute atomic E-state index is 0.0876. The first-order valence-electron chi connectivity index (χ1n) is 12.0. The number of halogens is 1. The molecule has 3 aromatic rings. The second-order valence-electron chi connectivity index (χ2n) is 8.56. The number of carbonyl (C=O) groups excluding carboxylic acids is 1. The van der Waals surface area contributed by atoms with Crippen LogP contribution in [0.2, 0.25) is 0 Å². The molecule has 1 amide bonds. The summed E-state index contributed by atoms with van der Waals surface area (Å²) in [6.07, 6.45) is 0.872. The van der Waals surface area contributed by atoms with Gasteiger partial charge in [-0.05, 0) is 42.8 Å². The van der Waals surface area contributed by atoms with Crippen molar-refractivity contribution in [1.82, 2.24) is 25.5 Å². The second kappa shape index (κ2) is 12.4. The van der Waals surface area contributed by atoms with Crippen LogP contribution in [0.1, 0.15) is 39.9 Å². The van der Waals surface area contributed by atoms with E-state index in [1.807, 2.05) is 30.3 Å². The van der Waals surface area contributed by atoms with Crippen LogP contribution in [-0.4, -0.2) is 65.3 Å². The number of morpholine rings is 1. The average Bonchev–Trinajstić information content (AvgIpc) is 2.91. The summed E-state index contributed by atoms with van der Waals surface area (Å²) in [4.78, 5) is 34.6. The molecule has 0 radical (unpaired) electrons. The van der Waals surface area contributed by atoms with E-state index >= 15 is 0 Å². The quantitative estimate of drug-likeness (QED) is 0.318. The van der Waals surface area contributed by atoms with Gasteiger partial charge >= 0.3 is 0 Å². The SMILES string of the molecule is O=C(NCc1ccc(F)cc1)c1nc(C(NCCCN2CCOCC2)c2ccccc2)[nH]c(=O)c1O. The summed E-state index contributed by atoms with van der Waals surface area (Å²) in [5.74, 6) is -1.62. The molecule has 0 spiro atoms. The largest absolute Gasteiger partial charge is 0.501 e. The molecule has 10 heteroatoms. The fourth-order valence-electron chi connectivity index (χ4n) is 4.04. The maximum atomic E-state index is 13.1. The predicted molar refractivity (Wildman–Crippen MR) is 132 cm³/mol. The van der Waals surface area contributed by atoms with Crippen molar-refractivity contribution in [3.63, 3.8) is 0 Å². The smallest absolute Gasteiger partial charge is 0.293 e. The lowest BCUT2D eigenvalue weighted by Crippen LogP contribution is -2.38. The molecule has 1 atom stereocenters. The van der Waals surface area contributed by atoms with Crippen LogP contribution < -0.4 is 16.2 Å². The third kappa shape index (κ3) is 6.75. The van der Waals surface area contributed by atoms with Gasteiger partial charge in [-0.3, -0.25) is 14.5 Å². The van der Waals surface area contributed by atoms with E-state index in [1.165, 1.54) is 12.1 Å². The van der Waals surface area contributed by atoms with E-state index in [9.17, 15) is 19.1 Å². The van der Waals surface area contributed by atoms with Crippen molar-refractivity contribution < 1.29 is 19.0 Å². The van der Waals surface area contributed by atoms with Gasteiger partial charge in [0.1, 0.15) is 11.6 Å². The molecular weight excluding hydrogens is 465 g/mol. The van der Waals surface area contributed by atoms with Gasteiger partial charge in [-0.2, -0.15) is 0 Å². The van der Waals surface area contributed by atoms with Gasteiger partial charge in [0.15, 0.2) is 5.69 Å². The highest BCUT2D eigenvalue weighted by Gasteiger charge is 2.23. The van der Waals surface area contributed by atoms with Crippen LogP contribution in [0.15, 0.2) is 59.4 Å². The number of amides is 1. The molecule has 9 nitrogen and oxygen atoms in total. The normalized spacial score (nSPS) is 14.9. The molecule has 0 aliphatic carbocycles. The number of nitrogens with zero attached hydrogens (tertiary/aromatic N) is 2. The van der Waals surface area contributed by atoms with Crippen molar-refractivity contribution in [3.8, 4) is 5.75 Å². The Bertz CT molecular complexity index is 1200. The number of aromatic amines is 1. The van der Waals surface area contributed by atoms with Gasteiger partial charge < -0.3 is 25.5 Å². The number of H-pyrrole nitrogens is 1. The zero-order chi connectivity index (χ0) is 25.3. The molecule has 1 aromatic heterocycles. The van der Waals surface area contributed by atoms with Gasteiger partial charge in [-0.1, -0.05) is 42.5 Å². The summed E-state index contributed by atoms with van der Waals surface area (Å²) in [6.45, 7) is 4.94. The van der Waals surface area contributed by atoms with Crippen LogP contribution in [-0.2, 0) is 11.3 Å². The highest BCUT2D eigenvalue weighted by Crippen LogP contribution is 2.20. The maximum Gasteiger partial charge on any atom is 0.293 e. The topological polar surface area (TPSA) is 120 Å². The van der Waals surface area contributed by atoms with E-state index in [4.69, 9.17) is 4.74 Å². The van der Waals surface area contributed by atoms with Crippen molar-refractivity contribution in [1.29, 1.82) is 0 Å². The third-order valence-corrected chi connectivity index (χ3v) is 6.00. The number of rotatable bonds is 10. The lowest BCUT2D eigenvalue weighted by molar-refractivity contribution is 0.0374. The molecule has 4 rings (SSSR count). The Hall–Kier alpha value is -3.60. The van der Waals surface area contributed by atoms with Gasteiger partial charge in [0.05, 0.1) is 19.3 Å². The number of nitrogens with one attached hydrogen (secondary N) is 3. The highest BCUT2D eigenvalue weighted by atomic mass is 19.1. The molecule has 1 aliphatic heterocycles. The fourth-order valence-corrected chi connectivity index (χ4v) is 4.04. The van der Waals surface area contributed by atoms with Crippen LogP contribution >= 0.6 is 0 Å². The standard InChI is InChI=1S/C26H30FN5O4/c27-20-9-7-18(8-10-20)17-29-25(34)22-23(33)26(35)31-24(30-22)21(19-5-2-1-3-6-19)28-11-4-12-32-13-15-36-16-14-32/h1-3,5-10,21,28,33H,4,11-17H2,(H,29,34)(H,30,31,35). The maximum absolute atomic E-state index is 13.1. The Labute approximate surface area is 208 Å². The van der Waals surface area contributed by atoms with E-state index in [0.717, 1.165) is 44.8 Å². The summed E-state index contributed by atoms with van der Waals surface area (Å²) in [5, 5.41) is 16.3. The molecule has 0 saturated carbocycles. The van der Waals surface area contributed by atoms with Crippen molar-refractivity contribution >= 4 is 5.91 Å². The Balaban J connectivity index is 1.50. The zero-order valence-electron chi connectivity index (χ0n) is 19.9. The predicted octanol–water partition coefficient (Wildman–Crippen LogP) is 1.95. The van der Waals surface area contributed by atoms with Crippen LogP contribution in [0.25, 0.3) is 0 Å². The van der Waals surface area contributed by atoms with Crippen molar-refractivity contribution in [2.45, 2.75) is 19.0 Å². The fraction of sp³-hybridized carbons (Fsp3) is 0.346. The van der Waals surface area contributed by atoms with E-state index in [-0.39, 0.29) is 23.9 Å². The average molecular weight is 496 g/mol. The van der Waals surface area contributed by atoms with E-state index < -0.39 is 23.3 Å². The number of benzene rings is 2. The molecule has 2 heterocycles. The molecule has 36 heavy (non-hydrogen) atoms. The van der Waals surface area contributed by atoms with Gasteiger partial charge in [0.2, 0.25) is 5.75 Å². The first-order valence-corrected chi connectivity index (χ1v) is 12.0. The van der Waals surface area contributed by atoms with Gasteiger partial charge in [0.25, 0.3) is 11.5 Å². The van der Waals surface area contributed by atoms with E-state index in [1.54, 1.807) is 12.1 Å². The van der Waals surface area contributed by atoms with Crippen LogP contribution in [0.3, 0.4) is 0 Å². The summed E-state index contributed by atoms with van der Waals surface area (Å²) < 4.78 is 18.5. The number of aromatic nitrogens is 2. The molecule has 2 aromatic carbocycles. The van der Waals surface area contributed by atoms with Crippen LogP contribution in [0, 0.1) is 5.82 Å². The minimum atomic E-state index is -0.803. The van der Waals surface area contributed by atoms with Crippen molar-refractivity contribution in [3.05, 3.63) is 93.4 Å². The Morgan fingerprint density at radius 3 is 2.58 bits per heavy atom. The lowest BCUT2D eigenvalue weighted by Gasteiger charge is -2.27. The molecule has 4 N–H and O–H groups in total. The Morgan fingerprint density at radius 1 is 1.14 bits per heavy atom. The number of hydrogen-bond acceptors (Lipinski definition) is 7. The molecule has 1 aliphatic rings. The highest BCUT2D eigenvalue weighted by molar-refractivity contribution is 5.94. The third-order valence-electron chi connectivity index (χ3n) is 6.00. The van der Waals surface area contributed by atoms with Gasteiger partial charge in [-0.25, -0.2) is 9.37 Å². The summed E-state index contributed by atoms with van der Waals surface area (Å²) in [5.41, 5.74) is 0.351. The minimum Gasteiger partial charge on any atom is -0.501 e. The monoisotopic (exact) mass is 495 g/mol. The Morgan fingerprint density at radius 2 is 1.86 bits per heavy atom. The van der Waals surface area contributed by atoms with Gasteiger partial charge in [0, 0.05) is 19.6 Å². The number of ether oxygens (including phenoxy) is 1. The molecule has 190 valence electrons. The molecule has 1 saturated heterocycles.